The summed E-state index contributed by atoms with van der Waals surface area (Å²) < 4.78 is 20.4. The van der Waals surface area contributed by atoms with Gasteiger partial charge in [0.2, 0.25) is 0 Å². The largest absolute Gasteiger partial charge is 0.409 e. The molecule has 2 bridgehead atoms. The third-order valence-corrected chi connectivity index (χ3v) is 16.0. The Kier molecular flexibility index (Phi) is 6.42. The van der Waals surface area contributed by atoms with Gasteiger partial charge in [-0.25, -0.2) is 0 Å². The van der Waals surface area contributed by atoms with Gasteiger partial charge in [-0.15, -0.1) is 0 Å². The number of fused-ring (bicyclic) bond motifs is 2. The van der Waals surface area contributed by atoms with Crippen LogP contribution in [-0.2, 0) is 13.6 Å². The number of ether oxygens (including phenoxy) is 1. The van der Waals surface area contributed by atoms with Gasteiger partial charge in [-0.2, -0.15) is 0 Å². The van der Waals surface area contributed by atoms with Crippen LogP contribution in [0.3, 0.4) is 0 Å². The molecule has 26 heavy (non-hydrogen) atoms. The molecule has 2 aliphatic rings. The first kappa shape index (κ1) is 22.3. The number of rotatable bonds is 4. The van der Waals surface area contributed by atoms with E-state index >= 15 is 0 Å². The molecule has 5 heteroatoms. The Hall–Kier alpha value is 0.0538. The molecule has 0 radical (unpaired) electrons. The lowest BCUT2D eigenvalue weighted by Gasteiger charge is -2.44. The van der Waals surface area contributed by atoms with Crippen LogP contribution < -0.4 is 0 Å². The van der Waals surface area contributed by atoms with Crippen LogP contribution in [0.1, 0.15) is 60.8 Å². The van der Waals surface area contributed by atoms with Gasteiger partial charge in [-0.3, -0.25) is 0 Å². The Morgan fingerprint density at radius 2 is 1.23 bits per heavy atom. The average molecular weight is 399 g/mol. The van der Waals surface area contributed by atoms with E-state index < -0.39 is 16.6 Å². The Morgan fingerprint density at radius 1 is 0.769 bits per heavy atom. The normalized spacial score (nSPS) is 32.2. The molecule has 0 amide bonds. The summed E-state index contributed by atoms with van der Waals surface area (Å²) in [4.78, 5) is 0. The van der Waals surface area contributed by atoms with Gasteiger partial charge in [0.15, 0.2) is 16.6 Å². The fourth-order valence-corrected chi connectivity index (χ4v) is 5.79. The molecule has 2 heterocycles. The molecule has 1 fully saturated rings. The van der Waals surface area contributed by atoms with Crippen molar-refractivity contribution >= 4 is 16.6 Å². The second-order valence-corrected chi connectivity index (χ2v) is 20.7. The molecule has 0 aromatic rings. The van der Waals surface area contributed by atoms with Gasteiger partial charge < -0.3 is 13.6 Å². The van der Waals surface area contributed by atoms with Crippen LogP contribution in [0, 0.1) is 0 Å². The second-order valence-electron chi connectivity index (χ2n) is 11.2. The van der Waals surface area contributed by atoms with E-state index in [1.807, 2.05) is 0 Å². The van der Waals surface area contributed by atoms with Gasteiger partial charge in [0.1, 0.15) is 0 Å². The molecule has 0 aliphatic carbocycles. The Labute approximate surface area is 164 Å². The highest BCUT2D eigenvalue weighted by Gasteiger charge is 2.53. The van der Waals surface area contributed by atoms with Crippen molar-refractivity contribution in [3.8, 4) is 0 Å². The quantitative estimate of drug-likeness (QED) is 0.412. The van der Waals surface area contributed by atoms with Crippen molar-refractivity contribution in [3.63, 3.8) is 0 Å². The molecule has 4 atom stereocenters. The maximum Gasteiger partial charge on any atom is 0.192 e. The zero-order valence-electron chi connectivity index (χ0n) is 18.8. The predicted octanol–water partition coefficient (Wildman–Crippen LogP) is 6.27. The molecule has 0 N–H and O–H groups in total. The lowest BCUT2D eigenvalue weighted by Crippen LogP contribution is -2.54. The van der Waals surface area contributed by atoms with Crippen molar-refractivity contribution in [2.75, 3.05) is 0 Å². The van der Waals surface area contributed by atoms with Crippen molar-refractivity contribution in [2.45, 2.75) is 121 Å². The van der Waals surface area contributed by atoms with Crippen LogP contribution in [0.25, 0.3) is 0 Å². The summed E-state index contributed by atoms with van der Waals surface area (Å²) in [5, 5.41) is 0.378. The van der Waals surface area contributed by atoms with Gasteiger partial charge in [-0.05, 0) is 55.5 Å². The molecule has 2 aliphatic heterocycles. The number of hydrogen-bond donors (Lipinski definition) is 0. The highest BCUT2D eigenvalue weighted by Crippen LogP contribution is 2.44. The number of allylic oxidation sites excluding steroid dienone is 1. The summed E-state index contributed by atoms with van der Waals surface area (Å²) in [5.41, 5.74) is 0. The van der Waals surface area contributed by atoms with Gasteiger partial charge in [0.05, 0.1) is 24.4 Å². The van der Waals surface area contributed by atoms with Crippen LogP contribution >= 0.6 is 0 Å². The highest BCUT2D eigenvalue weighted by molar-refractivity contribution is 6.74. The van der Waals surface area contributed by atoms with Crippen molar-refractivity contribution in [1.29, 1.82) is 0 Å². The first-order chi connectivity index (χ1) is 11.7. The monoisotopic (exact) mass is 398 g/mol. The van der Waals surface area contributed by atoms with Crippen LogP contribution in [0.4, 0.5) is 0 Å². The molecule has 2 rings (SSSR count). The smallest absolute Gasteiger partial charge is 0.192 e. The molecule has 0 spiro atoms. The summed E-state index contributed by atoms with van der Waals surface area (Å²) >= 11 is 0. The SMILES string of the molecule is CC(C)(C)[Si](C)(C)O[C@H]1[C@H](O[Si](C)(C)C(C)(C)C)[C@H]2C/C=C\CC[C@@H]1O2. The van der Waals surface area contributed by atoms with Gasteiger partial charge in [0.25, 0.3) is 0 Å². The van der Waals surface area contributed by atoms with E-state index in [-0.39, 0.29) is 34.5 Å². The summed E-state index contributed by atoms with van der Waals surface area (Å²) in [7, 11) is -3.79. The fourth-order valence-electron chi connectivity index (χ4n) is 3.15. The molecule has 0 aromatic heterocycles. The van der Waals surface area contributed by atoms with Crippen LogP contribution in [0.2, 0.25) is 36.3 Å². The van der Waals surface area contributed by atoms with E-state index in [4.69, 9.17) is 13.6 Å². The maximum atomic E-state index is 6.94. The Bertz CT molecular complexity index is 514. The minimum atomic E-state index is -1.89. The lowest BCUT2D eigenvalue weighted by atomic mass is 10.1. The van der Waals surface area contributed by atoms with E-state index in [2.05, 4.69) is 79.9 Å². The Balaban J connectivity index is 2.32. The minimum absolute atomic E-state index is 0.0535. The van der Waals surface area contributed by atoms with E-state index in [1.54, 1.807) is 0 Å². The van der Waals surface area contributed by atoms with E-state index in [9.17, 15) is 0 Å². The standard InChI is InChI=1S/C21H42O3Si2/c1-20(2,3)25(7,8)23-18-16-14-12-11-13-15-17(22-16)19(18)24-26(9,10)21(4,5)6/h11-12,16-19H,13-15H2,1-10H3/b12-11-/t16-,17+,18-,19-/m1/s1. The summed E-state index contributed by atoms with van der Waals surface area (Å²) in [5.74, 6) is 0. The highest BCUT2D eigenvalue weighted by atomic mass is 28.4. The lowest BCUT2D eigenvalue weighted by molar-refractivity contribution is 0.00667. The van der Waals surface area contributed by atoms with Gasteiger partial charge in [-0.1, -0.05) is 53.7 Å². The van der Waals surface area contributed by atoms with Crippen molar-refractivity contribution in [2.24, 2.45) is 0 Å². The summed E-state index contributed by atoms with van der Waals surface area (Å²) in [6.45, 7) is 23.2. The van der Waals surface area contributed by atoms with Crippen molar-refractivity contribution in [1.82, 2.24) is 0 Å². The van der Waals surface area contributed by atoms with E-state index in [1.165, 1.54) is 0 Å². The summed E-state index contributed by atoms with van der Waals surface area (Å²) in [6, 6.07) is 0. The Morgan fingerprint density at radius 3 is 1.69 bits per heavy atom. The molecule has 1 saturated heterocycles. The zero-order chi connectivity index (χ0) is 20.0. The predicted molar refractivity (Wildman–Crippen MR) is 116 cm³/mol. The average Bonchev–Trinajstić information content (AvgIpc) is 2.72. The summed E-state index contributed by atoms with van der Waals surface area (Å²) in [6.07, 6.45) is 8.03. The molecule has 3 nitrogen and oxygen atoms in total. The molecule has 152 valence electrons. The molecule has 0 aromatic carbocycles. The van der Waals surface area contributed by atoms with Crippen LogP contribution in [0.5, 0.6) is 0 Å². The molecular weight excluding hydrogens is 356 g/mol. The van der Waals surface area contributed by atoms with E-state index in [0.717, 1.165) is 19.3 Å². The van der Waals surface area contributed by atoms with E-state index in [0.29, 0.717) is 0 Å². The molecular formula is C21H42O3Si2. The number of hydrogen-bond acceptors (Lipinski definition) is 3. The topological polar surface area (TPSA) is 27.7 Å². The van der Waals surface area contributed by atoms with Gasteiger partial charge in [0, 0.05) is 0 Å². The van der Waals surface area contributed by atoms with Crippen molar-refractivity contribution < 1.29 is 13.6 Å². The van der Waals surface area contributed by atoms with Crippen LogP contribution in [0.15, 0.2) is 12.2 Å². The minimum Gasteiger partial charge on any atom is -0.409 e. The zero-order valence-corrected chi connectivity index (χ0v) is 20.8. The third-order valence-electron chi connectivity index (χ3n) is 7.03. The third kappa shape index (κ3) is 4.72. The fraction of sp³-hybridized carbons (Fsp3) is 0.905. The second kappa shape index (κ2) is 7.47. The van der Waals surface area contributed by atoms with Crippen molar-refractivity contribution in [3.05, 3.63) is 12.2 Å². The molecule has 0 saturated carbocycles. The first-order valence-electron chi connectivity index (χ1n) is 10.3. The first-order valence-corrected chi connectivity index (χ1v) is 16.1. The van der Waals surface area contributed by atoms with Gasteiger partial charge >= 0.3 is 0 Å². The maximum absolute atomic E-state index is 6.94. The van der Waals surface area contributed by atoms with Crippen LogP contribution in [-0.4, -0.2) is 41.1 Å². The molecule has 0 unspecified atom stereocenters.